The molecule has 1 aromatic carbocycles. The van der Waals surface area contributed by atoms with Crippen molar-refractivity contribution in [1.29, 1.82) is 0 Å². The second-order valence-electron chi connectivity index (χ2n) is 7.57. The van der Waals surface area contributed by atoms with Crippen LogP contribution in [0.3, 0.4) is 0 Å². The van der Waals surface area contributed by atoms with Crippen molar-refractivity contribution in [2.24, 2.45) is 17.3 Å². The maximum absolute atomic E-state index is 4.89. The lowest BCUT2D eigenvalue weighted by molar-refractivity contribution is 0.247. The minimum absolute atomic E-state index is 0.504. The second kappa shape index (κ2) is 4.53. The average Bonchev–Trinajstić information content (AvgIpc) is 3.37. The number of nitrogens with one attached hydrogen (secondary N) is 1. The molecule has 3 saturated carbocycles. The van der Waals surface area contributed by atoms with Gasteiger partial charge in [0.25, 0.3) is 0 Å². The molecule has 0 aliphatic heterocycles. The van der Waals surface area contributed by atoms with Crippen molar-refractivity contribution in [3.63, 3.8) is 0 Å². The van der Waals surface area contributed by atoms with Gasteiger partial charge in [-0.25, -0.2) is 4.98 Å². The van der Waals surface area contributed by atoms with Crippen LogP contribution < -0.4 is 5.32 Å². The molecule has 1 aromatic heterocycles. The molecule has 0 bridgehead atoms. The number of hydrogen-bond acceptors (Lipinski definition) is 3. The van der Waals surface area contributed by atoms with Crippen LogP contribution in [0.2, 0.25) is 0 Å². The summed E-state index contributed by atoms with van der Waals surface area (Å²) in [5, 5.41) is 5.17. The van der Waals surface area contributed by atoms with Gasteiger partial charge in [0.15, 0.2) is 0 Å². The highest BCUT2D eigenvalue weighted by molar-refractivity contribution is 7.18. The summed E-state index contributed by atoms with van der Waals surface area (Å²) in [4.78, 5) is 4.89. The molecule has 1 N–H and O–H groups in total. The Kier molecular flexibility index (Phi) is 2.72. The van der Waals surface area contributed by atoms with Crippen molar-refractivity contribution in [3.8, 4) is 0 Å². The molecule has 0 amide bonds. The Balaban J connectivity index is 1.39. The maximum Gasteiger partial charge on any atom is 0.0944 e. The summed E-state index contributed by atoms with van der Waals surface area (Å²) in [5.41, 5.74) is 1.69. The molecule has 3 aliphatic rings. The summed E-state index contributed by atoms with van der Waals surface area (Å²) < 4.78 is 1.35. The van der Waals surface area contributed by atoms with E-state index in [2.05, 4.69) is 29.6 Å². The molecule has 0 saturated heterocycles. The van der Waals surface area contributed by atoms with Gasteiger partial charge in [0, 0.05) is 19.0 Å². The number of para-hydroxylation sites is 1. The first-order valence-electron chi connectivity index (χ1n) is 8.38. The normalized spacial score (nSPS) is 34.3. The number of nitrogens with zero attached hydrogens (tertiary/aromatic N) is 1. The fourth-order valence-corrected chi connectivity index (χ4v) is 5.46. The highest BCUT2D eigenvalue weighted by atomic mass is 32.1. The summed E-state index contributed by atoms with van der Waals surface area (Å²) in [6.45, 7) is 1.22. The van der Waals surface area contributed by atoms with E-state index in [-0.39, 0.29) is 0 Å². The first kappa shape index (κ1) is 12.6. The number of fused-ring (bicyclic) bond motifs is 2. The monoisotopic (exact) mass is 298 g/mol. The molecule has 0 radical (unpaired) electrons. The summed E-state index contributed by atoms with van der Waals surface area (Å²) in [6, 6.07) is 9.41. The van der Waals surface area contributed by atoms with Crippen LogP contribution >= 0.6 is 11.3 Å². The van der Waals surface area contributed by atoms with E-state index in [0.717, 1.165) is 17.9 Å². The fraction of sp³-hybridized carbons (Fsp3) is 0.611. The van der Waals surface area contributed by atoms with Gasteiger partial charge in [-0.3, -0.25) is 0 Å². The van der Waals surface area contributed by atoms with E-state index in [9.17, 15) is 0 Å². The Hall–Kier alpha value is -0.930. The van der Waals surface area contributed by atoms with Crippen LogP contribution in [-0.2, 0) is 6.42 Å². The molecule has 2 nitrogen and oxygen atoms in total. The number of benzene rings is 1. The summed E-state index contributed by atoms with van der Waals surface area (Å²) in [6.07, 6.45) is 8.36. The van der Waals surface area contributed by atoms with E-state index in [4.69, 9.17) is 4.98 Å². The molecule has 0 spiro atoms. The first-order valence-corrected chi connectivity index (χ1v) is 9.19. The van der Waals surface area contributed by atoms with Gasteiger partial charge in [-0.2, -0.15) is 0 Å². The van der Waals surface area contributed by atoms with Gasteiger partial charge < -0.3 is 5.32 Å². The molecular formula is C18H22N2S. The lowest BCUT2D eigenvalue weighted by Crippen LogP contribution is -2.36. The van der Waals surface area contributed by atoms with E-state index >= 15 is 0 Å². The Morgan fingerprint density at radius 2 is 2.00 bits per heavy atom. The van der Waals surface area contributed by atoms with E-state index in [0.29, 0.717) is 5.41 Å². The number of rotatable bonds is 5. The highest BCUT2D eigenvalue weighted by Crippen LogP contribution is 2.60. The Labute approximate surface area is 130 Å². The van der Waals surface area contributed by atoms with Crippen molar-refractivity contribution < 1.29 is 0 Å². The van der Waals surface area contributed by atoms with Crippen molar-refractivity contribution in [2.75, 3.05) is 6.54 Å². The van der Waals surface area contributed by atoms with E-state index in [1.807, 2.05) is 11.3 Å². The van der Waals surface area contributed by atoms with Gasteiger partial charge in [0.1, 0.15) is 0 Å². The predicted octanol–water partition coefficient (Wildman–Crippen LogP) is 4.01. The molecule has 2 aromatic rings. The molecule has 110 valence electrons. The molecule has 1 heterocycles. The van der Waals surface area contributed by atoms with Crippen molar-refractivity contribution >= 4 is 21.6 Å². The van der Waals surface area contributed by atoms with Gasteiger partial charge in [0.2, 0.25) is 0 Å². The lowest BCUT2D eigenvalue weighted by Gasteiger charge is -2.30. The van der Waals surface area contributed by atoms with Crippen LogP contribution in [0.25, 0.3) is 10.2 Å². The van der Waals surface area contributed by atoms with Gasteiger partial charge in [-0.15, -0.1) is 11.3 Å². The average molecular weight is 298 g/mol. The van der Waals surface area contributed by atoms with Gasteiger partial charge in [0.05, 0.1) is 15.2 Å². The zero-order valence-electron chi connectivity index (χ0n) is 12.3. The van der Waals surface area contributed by atoms with Crippen LogP contribution in [0.5, 0.6) is 0 Å². The molecule has 2 atom stereocenters. The molecule has 21 heavy (non-hydrogen) atoms. The fourth-order valence-electron chi connectivity index (χ4n) is 4.32. The SMILES string of the molecule is c1ccc2sc(CC3(CNC4CC4)CC4CC4C3)nc2c1. The molecule has 2 unspecified atom stereocenters. The third kappa shape index (κ3) is 2.40. The third-order valence-electron chi connectivity index (χ3n) is 5.67. The minimum atomic E-state index is 0.504. The van der Waals surface area contributed by atoms with Gasteiger partial charge in [-0.05, 0) is 61.5 Å². The maximum atomic E-state index is 4.89. The topological polar surface area (TPSA) is 24.9 Å². The summed E-state index contributed by atoms with van der Waals surface area (Å²) in [5.74, 6) is 2.08. The molecule has 3 heteroatoms. The Bertz CT molecular complexity index is 630. The molecule has 3 fully saturated rings. The van der Waals surface area contributed by atoms with Crippen LogP contribution in [0, 0.1) is 17.3 Å². The van der Waals surface area contributed by atoms with Crippen LogP contribution in [0.15, 0.2) is 24.3 Å². The zero-order chi connectivity index (χ0) is 13.9. The number of hydrogen-bond donors (Lipinski definition) is 1. The van der Waals surface area contributed by atoms with Crippen LogP contribution in [0.1, 0.15) is 37.1 Å². The van der Waals surface area contributed by atoms with Gasteiger partial charge in [-0.1, -0.05) is 12.1 Å². The van der Waals surface area contributed by atoms with Crippen molar-refractivity contribution in [2.45, 2.75) is 44.6 Å². The second-order valence-corrected chi connectivity index (χ2v) is 8.69. The predicted molar refractivity (Wildman–Crippen MR) is 87.6 cm³/mol. The van der Waals surface area contributed by atoms with E-state index in [1.165, 1.54) is 60.3 Å². The highest BCUT2D eigenvalue weighted by Gasteiger charge is 2.53. The molecule has 5 rings (SSSR count). The zero-order valence-corrected chi connectivity index (χ0v) is 13.2. The molecule has 3 aliphatic carbocycles. The Morgan fingerprint density at radius 3 is 2.76 bits per heavy atom. The van der Waals surface area contributed by atoms with Crippen molar-refractivity contribution in [3.05, 3.63) is 29.3 Å². The number of thiazole rings is 1. The van der Waals surface area contributed by atoms with Crippen LogP contribution in [0.4, 0.5) is 0 Å². The number of aromatic nitrogens is 1. The third-order valence-corrected chi connectivity index (χ3v) is 6.70. The van der Waals surface area contributed by atoms with Crippen LogP contribution in [-0.4, -0.2) is 17.6 Å². The Morgan fingerprint density at radius 1 is 1.19 bits per heavy atom. The summed E-state index contributed by atoms with van der Waals surface area (Å²) in [7, 11) is 0. The largest absolute Gasteiger partial charge is 0.313 e. The minimum Gasteiger partial charge on any atom is -0.313 e. The van der Waals surface area contributed by atoms with E-state index < -0.39 is 0 Å². The quantitative estimate of drug-likeness (QED) is 0.902. The standard InChI is InChI=1S/C18H22N2S/c1-2-4-16-15(3-1)20-17(21-16)10-18(11-19-14-5-6-14)8-12-7-13(12)9-18/h1-4,12-14,19H,5-11H2. The smallest absolute Gasteiger partial charge is 0.0944 e. The first-order chi connectivity index (χ1) is 10.3. The lowest BCUT2D eigenvalue weighted by atomic mass is 9.80. The van der Waals surface area contributed by atoms with Crippen molar-refractivity contribution in [1.82, 2.24) is 10.3 Å². The van der Waals surface area contributed by atoms with E-state index in [1.54, 1.807) is 0 Å². The summed E-state index contributed by atoms with van der Waals surface area (Å²) >= 11 is 1.91. The van der Waals surface area contributed by atoms with Gasteiger partial charge >= 0.3 is 0 Å². The molecular weight excluding hydrogens is 276 g/mol.